The fourth-order valence-electron chi connectivity index (χ4n) is 1.49. The first-order valence-electron chi connectivity index (χ1n) is 4.74. The van der Waals surface area contributed by atoms with Crippen molar-refractivity contribution in [3.8, 4) is 0 Å². The number of hydrogen-bond acceptors (Lipinski definition) is 0. The van der Waals surface area contributed by atoms with Gasteiger partial charge in [0, 0.05) is 17.9 Å². The van der Waals surface area contributed by atoms with E-state index in [-0.39, 0.29) is 11.2 Å². The molecule has 0 unspecified atom stereocenters. The quantitative estimate of drug-likeness (QED) is 0.601. The summed E-state index contributed by atoms with van der Waals surface area (Å²) in [5.74, 6) is -0.184. The van der Waals surface area contributed by atoms with Crippen LogP contribution in [0.4, 0.5) is 4.39 Å². The monoisotopic (exact) mass is 191 g/mol. The molecule has 0 amide bonds. The molecule has 0 aromatic carbocycles. The molecule has 0 saturated heterocycles. The van der Waals surface area contributed by atoms with E-state index in [0.29, 0.717) is 0 Å². The Morgan fingerprint density at radius 3 is 2.57 bits per heavy atom. The Kier molecular flexibility index (Phi) is 1.88. The highest BCUT2D eigenvalue weighted by Gasteiger charge is 2.15. The average molecular weight is 191 g/mol. The first-order valence-corrected chi connectivity index (χ1v) is 4.74. The van der Waals surface area contributed by atoms with E-state index in [1.54, 1.807) is 12.3 Å². The third-order valence-electron chi connectivity index (χ3n) is 2.43. The molecule has 0 atom stereocenters. The van der Waals surface area contributed by atoms with Crippen LogP contribution >= 0.6 is 0 Å². The van der Waals surface area contributed by atoms with Gasteiger partial charge in [0.25, 0.3) is 0 Å². The molecule has 0 aliphatic rings. The minimum atomic E-state index is -0.184. The van der Waals surface area contributed by atoms with Gasteiger partial charge in [-0.25, -0.2) is 4.39 Å². The maximum Gasteiger partial charge on any atom is 0.126 e. The van der Waals surface area contributed by atoms with E-state index in [4.69, 9.17) is 0 Å². The van der Waals surface area contributed by atoms with Gasteiger partial charge in [-0.3, -0.25) is 0 Å². The first kappa shape index (κ1) is 9.25. The lowest BCUT2D eigenvalue weighted by Gasteiger charge is -2.15. The van der Waals surface area contributed by atoms with Crippen LogP contribution in [0.2, 0.25) is 0 Å². The second-order valence-corrected chi connectivity index (χ2v) is 4.66. The van der Waals surface area contributed by atoms with Crippen LogP contribution < -0.4 is 0 Å². The summed E-state index contributed by atoms with van der Waals surface area (Å²) < 4.78 is 14.9. The Balaban J connectivity index is 2.63. The molecule has 0 aliphatic carbocycles. The van der Waals surface area contributed by atoms with Crippen LogP contribution in [0.25, 0.3) is 5.52 Å². The molecule has 14 heavy (non-hydrogen) atoms. The molecule has 0 fully saturated rings. The zero-order valence-electron chi connectivity index (χ0n) is 8.71. The first-order chi connectivity index (χ1) is 6.47. The van der Waals surface area contributed by atoms with Crippen molar-refractivity contribution in [2.75, 3.05) is 0 Å². The van der Waals surface area contributed by atoms with Crippen molar-refractivity contribution in [1.82, 2.24) is 4.40 Å². The van der Waals surface area contributed by atoms with Gasteiger partial charge in [-0.05, 0) is 29.2 Å². The lowest BCUT2D eigenvalue weighted by atomic mass is 9.89. The van der Waals surface area contributed by atoms with Crippen molar-refractivity contribution >= 4 is 5.52 Å². The Morgan fingerprint density at radius 2 is 1.93 bits per heavy atom. The summed E-state index contributed by atoms with van der Waals surface area (Å²) in [4.78, 5) is 0. The highest BCUT2D eigenvalue weighted by molar-refractivity contribution is 5.51. The zero-order chi connectivity index (χ0) is 10.3. The summed E-state index contributed by atoms with van der Waals surface area (Å²) >= 11 is 0. The molecule has 0 radical (unpaired) electrons. The number of hydrogen-bond donors (Lipinski definition) is 0. The molecule has 0 saturated carbocycles. The van der Waals surface area contributed by atoms with Crippen molar-refractivity contribution in [2.24, 2.45) is 0 Å². The molecule has 2 rings (SSSR count). The standard InChI is InChI=1S/C12H14FN/c1-12(2,3)9-6-11-7-10(13)4-5-14(11)8-9/h4-8H,1-3H3. The lowest BCUT2D eigenvalue weighted by molar-refractivity contribution is 0.590. The Labute approximate surface area is 83.2 Å². The summed E-state index contributed by atoms with van der Waals surface area (Å²) in [6.45, 7) is 6.45. The maximum absolute atomic E-state index is 12.9. The van der Waals surface area contributed by atoms with Crippen LogP contribution in [-0.2, 0) is 5.41 Å². The van der Waals surface area contributed by atoms with E-state index in [9.17, 15) is 4.39 Å². The zero-order valence-corrected chi connectivity index (χ0v) is 8.71. The van der Waals surface area contributed by atoms with Crippen molar-refractivity contribution < 1.29 is 4.39 Å². The predicted octanol–water partition coefficient (Wildman–Crippen LogP) is 3.38. The van der Waals surface area contributed by atoms with Crippen LogP contribution in [0.3, 0.4) is 0 Å². The third-order valence-corrected chi connectivity index (χ3v) is 2.43. The Bertz CT molecular complexity index is 463. The number of nitrogens with zero attached hydrogens (tertiary/aromatic N) is 1. The number of fused-ring (bicyclic) bond motifs is 1. The largest absolute Gasteiger partial charge is 0.323 e. The fourth-order valence-corrected chi connectivity index (χ4v) is 1.49. The van der Waals surface area contributed by atoms with Crippen molar-refractivity contribution in [3.63, 3.8) is 0 Å². The van der Waals surface area contributed by atoms with Crippen LogP contribution in [-0.4, -0.2) is 4.40 Å². The molecule has 0 spiro atoms. The van der Waals surface area contributed by atoms with Gasteiger partial charge in [-0.15, -0.1) is 0 Å². The van der Waals surface area contributed by atoms with Crippen molar-refractivity contribution in [3.05, 3.63) is 42.0 Å². The summed E-state index contributed by atoms with van der Waals surface area (Å²) in [7, 11) is 0. The third kappa shape index (κ3) is 1.52. The molecule has 2 aromatic heterocycles. The van der Waals surface area contributed by atoms with Gasteiger partial charge in [0.15, 0.2) is 0 Å². The van der Waals surface area contributed by atoms with Gasteiger partial charge in [0.1, 0.15) is 5.82 Å². The lowest BCUT2D eigenvalue weighted by Crippen LogP contribution is -2.09. The molecule has 0 bridgehead atoms. The summed E-state index contributed by atoms with van der Waals surface area (Å²) in [6, 6.07) is 5.05. The smallest absolute Gasteiger partial charge is 0.126 e. The normalized spacial score (nSPS) is 12.3. The van der Waals surface area contributed by atoms with E-state index in [2.05, 4.69) is 27.0 Å². The minimum Gasteiger partial charge on any atom is -0.323 e. The van der Waals surface area contributed by atoms with Crippen LogP contribution in [0.15, 0.2) is 30.6 Å². The minimum absolute atomic E-state index is 0.114. The van der Waals surface area contributed by atoms with Crippen molar-refractivity contribution in [1.29, 1.82) is 0 Å². The molecule has 1 nitrogen and oxygen atoms in total. The molecule has 0 N–H and O–H groups in total. The molecule has 2 heteroatoms. The highest BCUT2D eigenvalue weighted by Crippen LogP contribution is 2.24. The number of aromatic nitrogens is 1. The Hall–Kier alpha value is -1.31. The maximum atomic E-state index is 12.9. The average Bonchev–Trinajstić information content (AvgIpc) is 2.45. The number of rotatable bonds is 0. The molecular formula is C12H14FN. The Morgan fingerprint density at radius 1 is 1.21 bits per heavy atom. The van der Waals surface area contributed by atoms with Crippen LogP contribution in [0.5, 0.6) is 0 Å². The number of halogens is 1. The van der Waals surface area contributed by atoms with E-state index in [1.807, 2.05) is 10.5 Å². The molecule has 2 aromatic rings. The van der Waals surface area contributed by atoms with Gasteiger partial charge in [0.2, 0.25) is 0 Å². The second-order valence-electron chi connectivity index (χ2n) is 4.66. The van der Waals surface area contributed by atoms with E-state index >= 15 is 0 Å². The highest BCUT2D eigenvalue weighted by atomic mass is 19.1. The second kappa shape index (κ2) is 2.84. The predicted molar refractivity (Wildman–Crippen MR) is 56.1 cm³/mol. The summed E-state index contributed by atoms with van der Waals surface area (Å²) in [5.41, 5.74) is 2.25. The summed E-state index contributed by atoms with van der Waals surface area (Å²) in [6.07, 6.45) is 3.80. The fraction of sp³-hybridized carbons (Fsp3) is 0.333. The van der Waals surface area contributed by atoms with Crippen molar-refractivity contribution in [2.45, 2.75) is 26.2 Å². The summed E-state index contributed by atoms with van der Waals surface area (Å²) in [5, 5.41) is 0. The van der Waals surface area contributed by atoms with Gasteiger partial charge in [-0.1, -0.05) is 20.8 Å². The van der Waals surface area contributed by atoms with Crippen LogP contribution in [0, 0.1) is 5.82 Å². The van der Waals surface area contributed by atoms with E-state index < -0.39 is 0 Å². The molecular weight excluding hydrogens is 177 g/mol. The number of pyridine rings is 1. The molecule has 2 heterocycles. The van der Waals surface area contributed by atoms with Gasteiger partial charge >= 0.3 is 0 Å². The molecule has 0 aliphatic heterocycles. The van der Waals surface area contributed by atoms with Gasteiger partial charge in [-0.2, -0.15) is 0 Å². The topological polar surface area (TPSA) is 4.41 Å². The van der Waals surface area contributed by atoms with Gasteiger partial charge < -0.3 is 4.40 Å². The molecule has 74 valence electrons. The SMILES string of the molecule is CC(C)(C)c1cc2cc(F)ccn2c1. The van der Waals surface area contributed by atoms with E-state index in [0.717, 1.165) is 5.52 Å². The van der Waals surface area contributed by atoms with Gasteiger partial charge in [0.05, 0.1) is 0 Å². The van der Waals surface area contributed by atoms with E-state index in [1.165, 1.54) is 11.6 Å². The van der Waals surface area contributed by atoms with Crippen LogP contribution in [0.1, 0.15) is 26.3 Å².